The third-order valence-corrected chi connectivity index (χ3v) is 6.60. The number of sulfonamides is 1. The summed E-state index contributed by atoms with van der Waals surface area (Å²) in [5.41, 5.74) is 3.30. The van der Waals surface area contributed by atoms with Gasteiger partial charge in [-0.15, -0.1) is 5.10 Å². The molecular formula is C23H22F2N6O3S. The van der Waals surface area contributed by atoms with Crippen LogP contribution in [0.2, 0.25) is 0 Å². The van der Waals surface area contributed by atoms with Crippen molar-refractivity contribution in [2.75, 3.05) is 10.0 Å². The van der Waals surface area contributed by atoms with Crippen LogP contribution < -0.4 is 10.0 Å². The molecule has 1 amide bonds. The zero-order chi connectivity index (χ0) is 25.5. The molecule has 0 spiro atoms. The maximum Gasteiger partial charge on any atom is 0.295 e. The van der Waals surface area contributed by atoms with Crippen molar-refractivity contribution in [3.8, 4) is 0 Å². The molecule has 2 aromatic carbocycles. The van der Waals surface area contributed by atoms with Gasteiger partial charge in [0.1, 0.15) is 5.69 Å². The van der Waals surface area contributed by atoms with Crippen molar-refractivity contribution >= 4 is 33.1 Å². The number of rotatable bonds is 6. The van der Waals surface area contributed by atoms with Crippen molar-refractivity contribution in [3.63, 3.8) is 0 Å². The molecule has 4 aromatic rings. The number of halogens is 2. The number of anilines is 2. The second-order valence-electron chi connectivity index (χ2n) is 8.13. The van der Waals surface area contributed by atoms with Crippen LogP contribution in [0.3, 0.4) is 0 Å². The quantitative estimate of drug-likeness (QED) is 0.406. The van der Waals surface area contributed by atoms with Crippen LogP contribution in [0.5, 0.6) is 0 Å². The summed E-state index contributed by atoms with van der Waals surface area (Å²) in [5.74, 6) is -1.23. The van der Waals surface area contributed by atoms with E-state index in [1.807, 2.05) is 32.9 Å². The first-order valence-electron chi connectivity index (χ1n) is 10.5. The molecule has 0 radical (unpaired) electrons. The number of nitrogens with one attached hydrogen (secondary N) is 2. The second-order valence-corrected chi connectivity index (χ2v) is 9.81. The number of aromatic nitrogens is 4. The molecule has 0 fully saturated rings. The number of amides is 1. The molecule has 2 N–H and O–H groups in total. The van der Waals surface area contributed by atoms with Crippen LogP contribution in [-0.4, -0.2) is 33.9 Å². The predicted octanol–water partition coefficient (Wildman–Crippen LogP) is 4.35. The normalized spacial score (nSPS) is 11.7. The van der Waals surface area contributed by atoms with Crippen LogP contribution in [-0.2, 0) is 10.0 Å². The van der Waals surface area contributed by atoms with E-state index in [4.69, 9.17) is 0 Å². The van der Waals surface area contributed by atoms with E-state index in [-0.39, 0.29) is 22.2 Å². The molecule has 0 unspecified atom stereocenters. The molecule has 9 nitrogen and oxygen atoms in total. The lowest BCUT2D eigenvalue weighted by atomic mass is 10.1. The Hall–Kier alpha value is -3.93. The maximum absolute atomic E-state index is 13.3. The number of carbonyl (C=O) groups is 1. The van der Waals surface area contributed by atoms with E-state index >= 15 is 0 Å². The molecule has 2 aromatic heterocycles. The van der Waals surface area contributed by atoms with E-state index in [1.165, 1.54) is 37.3 Å². The minimum Gasteiger partial charge on any atom is -0.319 e. The molecule has 2 heterocycles. The first kappa shape index (κ1) is 24.2. The van der Waals surface area contributed by atoms with Crippen molar-refractivity contribution in [2.45, 2.75) is 39.0 Å². The molecule has 0 aliphatic carbocycles. The molecule has 12 heteroatoms. The fraction of sp³-hybridized carbons (Fsp3) is 0.217. The molecule has 0 saturated carbocycles. The van der Waals surface area contributed by atoms with Gasteiger partial charge in [-0.05, 0) is 69.2 Å². The molecule has 35 heavy (non-hydrogen) atoms. The molecule has 4 rings (SSSR count). The average Bonchev–Trinajstić information content (AvgIpc) is 3.20. The van der Waals surface area contributed by atoms with Gasteiger partial charge in [0.15, 0.2) is 0 Å². The van der Waals surface area contributed by atoms with Crippen LogP contribution >= 0.6 is 0 Å². The smallest absolute Gasteiger partial charge is 0.295 e. The van der Waals surface area contributed by atoms with Gasteiger partial charge in [0, 0.05) is 11.4 Å². The standard InChI is InChI=1S/C23H22F2N6O3S/c1-12-9-13(2)19(14(3)10-12)30-35(33,34)17-7-5-16(6-8-17)27-22(32)21-28-23-26-15(4)11-18(20(24)25)31(23)29-21/h5-11,20,30H,1-4H3,(H,27,32). The molecule has 182 valence electrons. The van der Waals surface area contributed by atoms with Crippen molar-refractivity contribution in [2.24, 2.45) is 0 Å². The van der Waals surface area contributed by atoms with Crippen molar-refractivity contribution in [1.29, 1.82) is 0 Å². The Morgan fingerprint density at radius 2 is 1.60 bits per heavy atom. The summed E-state index contributed by atoms with van der Waals surface area (Å²) in [4.78, 5) is 20.5. The van der Waals surface area contributed by atoms with E-state index in [0.717, 1.165) is 21.2 Å². The number of alkyl halides is 2. The Balaban J connectivity index is 1.54. The van der Waals surface area contributed by atoms with Gasteiger partial charge in [-0.3, -0.25) is 9.52 Å². The Kier molecular flexibility index (Phi) is 6.24. The van der Waals surface area contributed by atoms with Gasteiger partial charge in [-0.1, -0.05) is 17.7 Å². The molecular weight excluding hydrogens is 478 g/mol. The summed E-state index contributed by atoms with van der Waals surface area (Å²) in [6.45, 7) is 7.12. The second kappa shape index (κ2) is 9.02. The van der Waals surface area contributed by atoms with E-state index in [9.17, 15) is 22.0 Å². The maximum atomic E-state index is 13.3. The van der Waals surface area contributed by atoms with E-state index in [1.54, 1.807) is 0 Å². The Bertz CT molecular complexity index is 1530. The van der Waals surface area contributed by atoms with Crippen LogP contribution in [0.15, 0.2) is 47.4 Å². The van der Waals surface area contributed by atoms with Crippen LogP contribution in [0, 0.1) is 27.7 Å². The third-order valence-electron chi connectivity index (χ3n) is 5.23. The number of aryl methyl sites for hydroxylation is 4. The van der Waals surface area contributed by atoms with Gasteiger partial charge in [0.05, 0.1) is 10.6 Å². The summed E-state index contributed by atoms with van der Waals surface area (Å²) in [6.07, 6.45) is -2.83. The minimum absolute atomic E-state index is 0.00183. The number of hydrogen-bond acceptors (Lipinski definition) is 6. The summed E-state index contributed by atoms with van der Waals surface area (Å²) in [7, 11) is -3.87. The summed E-state index contributed by atoms with van der Waals surface area (Å²) >= 11 is 0. The highest BCUT2D eigenvalue weighted by molar-refractivity contribution is 7.92. The number of hydrogen-bond donors (Lipinski definition) is 2. The van der Waals surface area contributed by atoms with Gasteiger partial charge >= 0.3 is 0 Å². The van der Waals surface area contributed by atoms with Crippen LogP contribution in [0.4, 0.5) is 20.2 Å². The summed E-state index contributed by atoms with van der Waals surface area (Å²) < 4.78 is 55.8. The zero-order valence-corrected chi connectivity index (χ0v) is 20.1. The first-order chi connectivity index (χ1) is 16.4. The SMILES string of the molecule is Cc1cc(C)c(NS(=O)(=O)c2ccc(NC(=O)c3nc4nc(C)cc(C(F)F)n4n3)cc2)c(C)c1. The van der Waals surface area contributed by atoms with Gasteiger partial charge in [-0.25, -0.2) is 22.2 Å². The van der Waals surface area contributed by atoms with Crippen molar-refractivity contribution < 1.29 is 22.0 Å². The molecule has 0 atom stereocenters. The topological polar surface area (TPSA) is 118 Å². The summed E-state index contributed by atoms with van der Waals surface area (Å²) in [5, 5.41) is 6.37. The monoisotopic (exact) mass is 500 g/mol. The van der Waals surface area contributed by atoms with Crippen LogP contribution in [0.1, 0.15) is 45.1 Å². The lowest BCUT2D eigenvalue weighted by molar-refractivity contribution is 0.101. The lowest BCUT2D eigenvalue weighted by Crippen LogP contribution is -2.16. The number of fused-ring (bicyclic) bond motifs is 1. The highest BCUT2D eigenvalue weighted by Crippen LogP contribution is 2.26. The number of carbonyl (C=O) groups excluding carboxylic acids is 1. The molecule has 0 aliphatic rings. The van der Waals surface area contributed by atoms with Gasteiger partial charge < -0.3 is 5.32 Å². The lowest BCUT2D eigenvalue weighted by Gasteiger charge is -2.14. The molecule has 0 bridgehead atoms. The van der Waals surface area contributed by atoms with E-state index in [0.29, 0.717) is 11.4 Å². The largest absolute Gasteiger partial charge is 0.319 e. The predicted molar refractivity (Wildman–Crippen MR) is 126 cm³/mol. The van der Waals surface area contributed by atoms with E-state index < -0.39 is 28.0 Å². The van der Waals surface area contributed by atoms with Crippen molar-refractivity contribution in [3.05, 3.63) is 76.4 Å². The van der Waals surface area contributed by atoms with Crippen LogP contribution in [0.25, 0.3) is 5.78 Å². The zero-order valence-electron chi connectivity index (χ0n) is 19.3. The fourth-order valence-electron chi connectivity index (χ4n) is 3.70. The summed E-state index contributed by atoms with van der Waals surface area (Å²) in [6, 6.07) is 10.4. The van der Waals surface area contributed by atoms with Gasteiger partial charge in [-0.2, -0.15) is 9.50 Å². The Labute approximate surface area is 200 Å². The van der Waals surface area contributed by atoms with Gasteiger partial charge in [0.2, 0.25) is 5.82 Å². The highest BCUT2D eigenvalue weighted by Gasteiger charge is 2.21. The molecule has 0 saturated heterocycles. The molecule has 0 aliphatic heterocycles. The minimum atomic E-state index is -3.87. The number of benzene rings is 2. The van der Waals surface area contributed by atoms with E-state index in [2.05, 4.69) is 25.1 Å². The first-order valence-corrected chi connectivity index (χ1v) is 12.0. The van der Waals surface area contributed by atoms with Crippen molar-refractivity contribution in [1.82, 2.24) is 19.6 Å². The Morgan fingerprint density at radius 1 is 0.971 bits per heavy atom. The average molecular weight is 501 g/mol. The van der Waals surface area contributed by atoms with Gasteiger partial charge in [0.25, 0.3) is 28.1 Å². The Morgan fingerprint density at radius 3 is 2.20 bits per heavy atom. The number of nitrogens with zero attached hydrogens (tertiary/aromatic N) is 4. The fourth-order valence-corrected chi connectivity index (χ4v) is 4.91. The highest BCUT2D eigenvalue weighted by atomic mass is 32.2. The third kappa shape index (κ3) is 4.97.